The van der Waals surface area contributed by atoms with Gasteiger partial charge in [0.1, 0.15) is 11.0 Å². The quantitative estimate of drug-likeness (QED) is 0.822. The van der Waals surface area contributed by atoms with Crippen LogP contribution >= 0.6 is 0 Å². The second kappa shape index (κ2) is 5.78. The molecule has 1 spiro atoms. The lowest BCUT2D eigenvalue weighted by atomic mass is 9.75. The number of fused-ring (bicyclic) bond motifs is 1. The van der Waals surface area contributed by atoms with Gasteiger partial charge in [0.2, 0.25) is 0 Å². The van der Waals surface area contributed by atoms with Crippen molar-refractivity contribution in [3.63, 3.8) is 0 Å². The normalized spacial score (nSPS) is 23.5. The summed E-state index contributed by atoms with van der Waals surface area (Å²) in [4.78, 5) is 2.92. The molecule has 22 heavy (non-hydrogen) atoms. The van der Waals surface area contributed by atoms with E-state index in [9.17, 15) is 4.21 Å². The molecule has 1 aromatic carbocycles. The van der Waals surface area contributed by atoms with E-state index in [0.29, 0.717) is 0 Å². The Balaban J connectivity index is 1.95. The fourth-order valence-electron chi connectivity index (χ4n) is 3.36. The second-order valence-corrected chi connectivity index (χ2v) is 9.24. The lowest BCUT2D eigenvalue weighted by Gasteiger charge is -2.34. The second-order valence-electron chi connectivity index (χ2n) is 7.30. The van der Waals surface area contributed by atoms with E-state index in [0.717, 1.165) is 38.1 Å². The van der Waals surface area contributed by atoms with Crippen LogP contribution in [-0.2, 0) is 17.4 Å². The van der Waals surface area contributed by atoms with Gasteiger partial charge in [-0.2, -0.15) is 5.10 Å². The van der Waals surface area contributed by atoms with Crippen molar-refractivity contribution in [1.82, 2.24) is 10.1 Å². The molecule has 1 saturated heterocycles. The molecule has 0 amide bonds. The van der Waals surface area contributed by atoms with Crippen LogP contribution in [0.15, 0.2) is 29.4 Å². The summed E-state index contributed by atoms with van der Waals surface area (Å²) in [6.07, 6.45) is 3.22. The van der Waals surface area contributed by atoms with Crippen LogP contribution in [0.3, 0.4) is 0 Å². The number of nitrogens with one attached hydrogen (secondary N) is 2. The van der Waals surface area contributed by atoms with E-state index in [1.807, 2.05) is 20.8 Å². The third-order valence-corrected chi connectivity index (χ3v) is 6.03. The van der Waals surface area contributed by atoms with Gasteiger partial charge in [0.25, 0.3) is 0 Å². The lowest BCUT2D eigenvalue weighted by molar-refractivity contribution is 0.305. The molecular formula is C17H25N3OS. The molecule has 2 aliphatic rings. The number of piperidine rings is 1. The van der Waals surface area contributed by atoms with E-state index in [-0.39, 0.29) is 10.2 Å². The standard InChI is InChI=1S/C17H25N3OS/c1-16(2,3)22(21)20-19-15-14-7-5-4-6-13(14)12-17(15)8-10-18-11-9-17/h4-7,18,20H,8-12H2,1-3H3/b19-15+/t22-/m1/s1. The van der Waals surface area contributed by atoms with E-state index in [1.54, 1.807) is 0 Å². The summed E-state index contributed by atoms with van der Waals surface area (Å²) in [5, 5.41) is 8.08. The Bertz CT molecular complexity index is 613. The Kier molecular flexibility index (Phi) is 4.12. The summed E-state index contributed by atoms with van der Waals surface area (Å²) in [7, 11) is -1.18. The van der Waals surface area contributed by atoms with Crippen molar-refractivity contribution in [2.24, 2.45) is 10.5 Å². The minimum absolute atomic E-state index is 0.101. The third kappa shape index (κ3) is 2.84. The summed E-state index contributed by atoms with van der Waals surface area (Å²) in [6, 6.07) is 8.50. The molecule has 0 bridgehead atoms. The van der Waals surface area contributed by atoms with Crippen molar-refractivity contribution in [3.05, 3.63) is 35.4 Å². The number of rotatable bonds is 2. The number of nitrogens with zero attached hydrogens (tertiary/aromatic N) is 1. The first-order chi connectivity index (χ1) is 10.4. The van der Waals surface area contributed by atoms with Gasteiger partial charge in [-0.1, -0.05) is 24.3 Å². The highest BCUT2D eigenvalue weighted by Gasteiger charge is 2.44. The highest BCUT2D eigenvalue weighted by Crippen LogP contribution is 2.43. The maximum Gasteiger partial charge on any atom is 0.138 e. The van der Waals surface area contributed by atoms with E-state index in [2.05, 4.69) is 39.5 Å². The smallest absolute Gasteiger partial charge is 0.138 e. The van der Waals surface area contributed by atoms with Crippen LogP contribution in [0.1, 0.15) is 44.7 Å². The van der Waals surface area contributed by atoms with Gasteiger partial charge in [-0.3, -0.25) is 0 Å². The highest BCUT2D eigenvalue weighted by atomic mass is 32.2. The monoisotopic (exact) mass is 319 g/mol. The summed E-state index contributed by atoms with van der Waals surface area (Å²) in [5.41, 5.74) is 3.79. The molecule has 1 aromatic rings. The number of hydrazone groups is 1. The Morgan fingerprint density at radius 3 is 2.59 bits per heavy atom. The van der Waals surface area contributed by atoms with Crippen molar-refractivity contribution in [2.75, 3.05) is 13.1 Å². The predicted octanol–water partition coefficient (Wildman–Crippen LogP) is 2.37. The van der Waals surface area contributed by atoms with Crippen LogP contribution in [-0.4, -0.2) is 27.8 Å². The summed E-state index contributed by atoms with van der Waals surface area (Å²) >= 11 is 0. The Morgan fingerprint density at radius 1 is 1.23 bits per heavy atom. The number of benzene rings is 1. The Labute approximate surface area is 135 Å². The molecule has 5 heteroatoms. The molecule has 1 fully saturated rings. The van der Waals surface area contributed by atoms with Crippen LogP contribution < -0.4 is 10.1 Å². The largest absolute Gasteiger partial charge is 0.317 e. The van der Waals surface area contributed by atoms with Crippen LogP contribution in [0, 0.1) is 5.41 Å². The van der Waals surface area contributed by atoms with Gasteiger partial charge >= 0.3 is 0 Å². The molecule has 4 nitrogen and oxygen atoms in total. The number of hydrogen-bond donors (Lipinski definition) is 2. The first-order valence-corrected chi connectivity index (χ1v) is 9.12. The molecule has 1 aliphatic carbocycles. The summed E-state index contributed by atoms with van der Waals surface area (Å²) < 4.78 is 12.0. The third-order valence-electron chi connectivity index (χ3n) is 4.66. The molecule has 0 aromatic heterocycles. The van der Waals surface area contributed by atoms with Gasteiger partial charge < -0.3 is 5.32 Å². The molecule has 120 valence electrons. The van der Waals surface area contributed by atoms with Crippen molar-refractivity contribution < 1.29 is 4.21 Å². The highest BCUT2D eigenvalue weighted by molar-refractivity contribution is 7.84. The van der Waals surface area contributed by atoms with Gasteiger partial charge in [-0.15, -0.1) is 0 Å². The molecule has 1 heterocycles. The van der Waals surface area contributed by atoms with Gasteiger partial charge in [0, 0.05) is 11.0 Å². The predicted molar refractivity (Wildman–Crippen MR) is 92.3 cm³/mol. The summed E-state index contributed by atoms with van der Waals surface area (Å²) in [5.74, 6) is 0. The molecule has 2 N–H and O–H groups in total. The van der Waals surface area contributed by atoms with Gasteiger partial charge in [-0.25, -0.2) is 9.04 Å². The maximum atomic E-state index is 12.3. The molecular weight excluding hydrogens is 294 g/mol. The molecule has 1 atom stereocenters. The average molecular weight is 319 g/mol. The van der Waals surface area contributed by atoms with Crippen molar-refractivity contribution in [2.45, 2.75) is 44.8 Å². The Hall–Kier alpha value is -1.20. The van der Waals surface area contributed by atoms with Crippen molar-refractivity contribution in [1.29, 1.82) is 0 Å². The topological polar surface area (TPSA) is 53.5 Å². The van der Waals surface area contributed by atoms with Crippen molar-refractivity contribution in [3.8, 4) is 0 Å². The molecule has 0 radical (unpaired) electrons. The fraction of sp³-hybridized carbons (Fsp3) is 0.588. The minimum Gasteiger partial charge on any atom is -0.317 e. The van der Waals surface area contributed by atoms with Crippen LogP contribution in [0.5, 0.6) is 0 Å². The zero-order valence-corrected chi connectivity index (χ0v) is 14.4. The molecule has 0 unspecified atom stereocenters. The molecule has 3 rings (SSSR count). The maximum absolute atomic E-state index is 12.3. The first-order valence-electron chi connectivity index (χ1n) is 7.97. The minimum atomic E-state index is -1.18. The van der Waals surface area contributed by atoms with E-state index < -0.39 is 11.0 Å². The van der Waals surface area contributed by atoms with Gasteiger partial charge in [0.05, 0.1) is 10.5 Å². The SMILES string of the molecule is CC(C)(C)[S@@](=O)N/N=C1\c2ccccc2CC12CCNCC2. The fourth-order valence-corrected chi connectivity index (χ4v) is 3.81. The zero-order chi connectivity index (χ0) is 15.8. The van der Waals surface area contributed by atoms with E-state index >= 15 is 0 Å². The number of hydrogen-bond acceptors (Lipinski definition) is 3. The van der Waals surface area contributed by atoms with E-state index in [4.69, 9.17) is 0 Å². The lowest BCUT2D eigenvalue weighted by Crippen LogP contribution is -2.42. The van der Waals surface area contributed by atoms with Gasteiger partial charge in [-0.05, 0) is 58.7 Å². The molecule has 0 saturated carbocycles. The Morgan fingerprint density at radius 2 is 1.91 bits per heavy atom. The first kappa shape index (κ1) is 15.7. The van der Waals surface area contributed by atoms with Gasteiger partial charge in [0.15, 0.2) is 0 Å². The van der Waals surface area contributed by atoms with Crippen molar-refractivity contribution >= 4 is 16.7 Å². The average Bonchev–Trinajstić information content (AvgIpc) is 2.77. The van der Waals surface area contributed by atoms with Crippen LogP contribution in [0.2, 0.25) is 0 Å². The summed E-state index contributed by atoms with van der Waals surface area (Å²) in [6.45, 7) is 7.92. The van der Waals surface area contributed by atoms with Crippen LogP contribution in [0.4, 0.5) is 0 Å². The van der Waals surface area contributed by atoms with E-state index in [1.165, 1.54) is 11.1 Å². The molecule has 1 aliphatic heterocycles. The van der Waals surface area contributed by atoms with Crippen LogP contribution in [0.25, 0.3) is 0 Å². The zero-order valence-electron chi connectivity index (χ0n) is 13.6.